The number of ether oxygens (including phenoxy) is 1. The van der Waals surface area contributed by atoms with Crippen LogP contribution in [0.4, 0.5) is 0 Å². The normalized spacial score (nSPS) is 10.8. The number of pyridine rings is 1. The van der Waals surface area contributed by atoms with E-state index in [4.69, 9.17) is 4.74 Å². The molecule has 0 saturated carbocycles. The molecule has 0 spiro atoms. The number of hydrogen-bond donors (Lipinski definition) is 2. The number of nitrogens with one attached hydrogen (secondary N) is 1. The number of ketones is 1. The first-order chi connectivity index (χ1) is 13.6. The molecule has 0 amide bonds. The van der Waals surface area contributed by atoms with Gasteiger partial charge in [0.25, 0.3) is 0 Å². The number of aromatic amines is 1. The highest BCUT2D eigenvalue weighted by atomic mass is 16.5. The molecule has 2 aromatic carbocycles. The van der Waals surface area contributed by atoms with Crippen molar-refractivity contribution in [3.8, 4) is 17.0 Å². The van der Waals surface area contributed by atoms with E-state index in [0.29, 0.717) is 22.6 Å². The number of methoxy groups -OCH3 is 1. The summed E-state index contributed by atoms with van der Waals surface area (Å²) in [6.07, 6.45) is 3.33. The maximum absolute atomic E-state index is 13.4. The maximum Gasteiger partial charge on any atom is 0.335 e. The van der Waals surface area contributed by atoms with E-state index in [1.54, 1.807) is 43.8 Å². The molecule has 0 fully saturated rings. The number of benzene rings is 2. The summed E-state index contributed by atoms with van der Waals surface area (Å²) in [7, 11) is 1.58. The van der Waals surface area contributed by atoms with Crippen molar-refractivity contribution in [2.45, 2.75) is 0 Å². The van der Waals surface area contributed by atoms with Crippen molar-refractivity contribution in [1.29, 1.82) is 0 Å². The van der Waals surface area contributed by atoms with Crippen LogP contribution >= 0.6 is 0 Å². The third kappa shape index (κ3) is 3.01. The second-order valence-corrected chi connectivity index (χ2v) is 6.24. The molecule has 0 aliphatic carbocycles. The zero-order chi connectivity index (χ0) is 19.7. The van der Waals surface area contributed by atoms with Crippen molar-refractivity contribution >= 4 is 22.7 Å². The van der Waals surface area contributed by atoms with Crippen LogP contribution in [0.3, 0.4) is 0 Å². The van der Waals surface area contributed by atoms with E-state index in [2.05, 4.69) is 9.97 Å². The van der Waals surface area contributed by atoms with E-state index in [0.717, 1.165) is 16.5 Å². The fraction of sp³-hybridized carbons (Fsp3) is 0.0455. The summed E-state index contributed by atoms with van der Waals surface area (Å²) < 4.78 is 5.28. The standard InChI is InChI=1S/C22H16N2O4/c1-28-16-7-8-17-18(11-16)24-20(15-6-3-9-23-12-15)19(17)21(25)13-4-2-5-14(10-13)22(26)27/h2-12,24H,1H3,(H,26,27). The van der Waals surface area contributed by atoms with Crippen molar-refractivity contribution < 1.29 is 19.4 Å². The lowest BCUT2D eigenvalue weighted by Crippen LogP contribution is -2.05. The molecule has 0 aliphatic heterocycles. The molecular weight excluding hydrogens is 356 g/mol. The highest BCUT2D eigenvalue weighted by molar-refractivity contribution is 6.20. The first-order valence-electron chi connectivity index (χ1n) is 8.56. The molecule has 2 heterocycles. The summed E-state index contributed by atoms with van der Waals surface area (Å²) in [5.41, 5.74) is 2.97. The van der Waals surface area contributed by atoms with Gasteiger partial charge in [0, 0.05) is 35.0 Å². The summed E-state index contributed by atoms with van der Waals surface area (Å²) in [6.45, 7) is 0. The SMILES string of the molecule is COc1ccc2c(C(=O)c3cccc(C(=O)O)c3)c(-c3cccnc3)[nH]c2c1. The molecule has 6 heteroatoms. The molecular formula is C22H16N2O4. The second kappa shape index (κ2) is 7.00. The molecule has 0 atom stereocenters. The van der Waals surface area contributed by atoms with Gasteiger partial charge in [-0.15, -0.1) is 0 Å². The van der Waals surface area contributed by atoms with Gasteiger partial charge in [0.2, 0.25) is 0 Å². The summed E-state index contributed by atoms with van der Waals surface area (Å²) in [6, 6.07) is 15.1. The minimum Gasteiger partial charge on any atom is -0.497 e. The monoisotopic (exact) mass is 372 g/mol. The van der Waals surface area contributed by atoms with Crippen LogP contribution in [0.5, 0.6) is 5.75 Å². The summed E-state index contributed by atoms with van der Waals surface area (Å²) in [4.78, 5) is 32.1. The smallest absolute Gasteiger partial charge is 0.335 e. The molecule has 0 radical (unpaired) electrons. The molecule has 6 nitrogen and oxygen atoms in total. The Morgan fingerprint density at radius 2 is 1.86 bits per heavy atom. The van der Waals surface area contributed by atoms with Gasteiger partial charge in [-0.25, -0.2) is 4.79 Å². The van der Waals surface area contributed by atoms with Gasteiger partial charge in [-0.1, -0.05) is 12.1 Å². The fourth-order valence-electron chi connectivity index (χ4n) is 3.20. The van der Waals surface area contributed by atoms with E-state index in [1.807, 2.05) is 18.2 Å². The molecule has 4 rings (SSSR count). The lowest BCUT2D eigenvalue weighted by molar-refractivity contribution is 0.0697. The van der Waals surface area contributed by atoms with Gasteiger partial charge in [-0.05, 0) is 36.4 Å². The molecule has 138 valence electrons. The number of nitrogens with zero attached hydrogens (tertiary/aromatic N) is 1. The van der Waals surface area contributed by atoms with Gasteiger partial charge in [0.05, 0.1) is 29.4 Å². The van der Waals surface area contributed by atoms with E-state index < -0.39 is 5.97 Å². The number of carboxylic acid groups (broad SMARTS) is 1. The van der Waals surface area contributed by atoms with Gasteiger partial charge in [0.1, 0.15) is 5.75 Å². The van der Waals surface area contributed by atoms with E-state index in [9.17, 15) is 14.7 Å². The molecule has 0 bridgehead atoms. The minimum atomic E-state index is -1.08. The van der Waals surface area contributed by atoms with Gasteiger partial charge < -0.3 is 14.8 Å². The number of carboxylic acids is 1. The zero-order valence-corrected chi connectivity index (χ0v) is 15.0. The van der Waals surface area contributed by atoms with Gasteiger partial charge in [-0.3, -0.25) is 9.78 Å². The van der Waals surface area contributed by atoms with Gasteiger partial charge in [-0.2, -0.15) is 0 Å². The lowest BCUT2D eigenvalue weighted by Gasteiger charge is -2.06. The molecule has 28 heavy (non-hydrogen) atoms. The highest BCUT2D eigenvalue weighted by Crippen LogP contribution is 2.33. The molecule has 2 N–H and O–H groups in total. The molecule has 2 aromatic heterocycles. The Morgan fingerprint density at radius 3 is 2.57 bits per heavy atom. The molecule has 4 aromatic rings. The van der Waals surface area contributed by atoms with Crippen molar-refractivity contribution in [3.05, 3.63) is 83.7 Å². The van der Waals surface area contributed by atoms with E-state index in [1.165, 1.54) is 12.1 Å². The van der Waals surface area contributed by atoms with Crippen LogP contribution in [0, 0.1) is 0 Å². The summed E-state index contributed by atoms with van der Waals surface area (Å²) in [5.74, 6) is -0.678. The first kappa shape index (κ1) is 17.5. The van der Waals surface area contributed by atoms with Crippen molar-refractivity contribution in [2.75, 3.05) is 7.11 Å². The predicted molar refractivity (Wildman–Crippen MR) is 105 cm³/mol. The number of carbonyl (C=O) groups excluding carboxylic acids is 1. The average molecular weight is 372 g/mol. The van der Waals surface area contributed by atoms with Crippen LogP contribution in [-0.2, 0) is 0 Å². The quantitative estimate of drug-likeness (QED) is 0.513. The Hall–Kier alpha value is -3.93. The Morgan fingerprint density at radius 1 is 1.04 bits per heavy atom. The van der Waals surface area contributed by atoms with E-state index in [-0.39, 0.29) is 11.3 Å². The van der Waals surface area contributed by atoms with Crippen LogP contribution in [0.25, 0.3) is 22.2 Å². The first-order valence-corrected chi connectivity index (χ1v) is 8.56. The van der Waals surface area contributed by atoms with Crippen molar-refractivity contribution in [1.82, 2.24) is 9.97 Å². The van der Waals surface area contributed by atoms with Gasteiger partial charge >= 0.3 is 5.97 Å². The van der Waals surface area contributed by atoms with E-state index >= 15 is 0 Å². The molecule has 0 unspecified atom stereocenters. The number of rotatable bonds is 5. The number of H-pyrrole nitrogens is 1. The Labute approximate surface area is 160 Å². The topological polar surface area (TPSA) is 92.3 Å². The van der Waals surface area contributed by atoms with Crippen LogP contribution < -0.4 is 4.74 Å². The number of aromatic carboxylic acids is 1. The third-order valence-electron chi connectivity index (χ3n) is 4.55. The van der Waals surface area contributed by atoms with Crippen LogP contribution in [0.1, 0.15) is 26.3 Å². The summed E-state index contributed by atoms with van der Waals surface area (Å²) in [5, 5.41) is 9.97. The third-order valence-corrected chi connectivity index (χ3v) is 4.55. The van der Waals surface area contributed by atoms with Gasteiger partial charge in [0.15, 0.2) is 5.78 Å². The van der Waals surface area contributed by atoms with Crippen LogP contribution in [-0.4, -0.2) is 33.9 Å². The Balaban J connectivity index is 1.95. The van der Waals surface area contributed by atoms with Crippen LogP contribution in [0.2, 0.25) is 0 Å². The van der Waals surface area contributed by atoms with Crippen molar-refractivity contribution in [3.63, 3.8) is 0 Å². The Bertz CT molecular complexity index is 1200. The fourth-order valence-corrected chi connectivity index (χ4v) is 3.20. The minimum absolute atomic E-state index is 0.0651. The summed E-state index contributed by atoms with van der Waals surface area (Å²) >= 11 is 0. The number of hydrogen-bond acceptors (Lipinski definition) is 4. The number of fused-ring (bicyclic) bond motifs is 1. The average Bonchev–Trinajstić information content (AvgIpc) is 3.12. The highest BCUT2D eigenvalue weighted by Gasteiger charge is 2.22. The van der Waals surface area contributed by atoms with Crippen LogP contribution in [0.15, 0.2) is 67.0 Å². The largest absolute Gasteiger partial charge is 0.497 e. The number of aromatic nitrogens is 2. The second-order valence-electron chi connectivity index (χ2n) is 6.24. The molecule has 0 aliphatic rings. The zero-order valence-electron chi connectivity index (χ0n) is 15.0. The number of carbonyl (C=O) groups is 2. The Kier molecular flexibility index (Phi) is 4.37. The lowest BCUT2D eigenvalue weighted by atomic mass is 9.96. The molecule has 0 saturated heterocycles. The van der Waals surface area contributed by atoms with Crippen molar-refractivity contribution in [2.24, 2.45) is 0 Å². The predicted octanol–water partition coefficient (Wildman–Crippen LogP) is 4.17. The maximum atomic E-state index is 13.4.